The van der Waals surface area contributed by atoms with Crippen LogP contribution in [0.3, 0.4) is 0 Å². The van der Waals surface area contributed by atoms with Gasteiger partial charge in [0.2, 0.25) is 5.91 Å². The summed E-state index contributed by atoms with van der Waals surface area (Å²) in [7, 11) is 0. The fraction of sp³-hybridized carbons (Fsp3) is 0.429. The number of piperidine rings is 1. The molecule has 2 aromatic rings. The summed E-state index contributed by atoms with van der Waals surface area (Å²) >= 11 is 0. The molecule has 3 N–H and O–H groups in total. The number of carbonyl (C=O) groups excluding carboxylic acids is 2. The number of aromatic nitrogens is 1. The highest BCUT2D eigenvalue weighted by molar-refractivity contribution is 5.98. The Bertz CT molecular complexity index is 841. The number of benzene rings is 1. The maximum atomic E-state index is 13.0. The Morgan fingerprint density at radius 2 is 1.92 bits per heavy atom. The third-order valence-electron chi connectivity index (χ3n) is 6.00. The number of hydrogen-bond donors (Lipinski definition) is 2. The van der Waals surface area contributed by atoms with Crippen molar-refractivity contribution in [3.05, 3.63) is 58.9 Å². The Kier molecular flexibility index (Phi) is 4.31. The third kappa shape index (κ3) is 2.91. The molecule has 2 aliphatic rings. The van der Waals surface area contributed by atoms with Gasteiger partial charge in [0.1, 0.15) is 5.69 Å². The fourth-order valence-electron chi connectivity index (χ4n) is 4.73. The molecule has 1 aromatic heterocycles. The summed E-state index contributed by atoms with van der Waals surface area (Å²) in [6, 6.07) is 10.3. The monoisotopic (exact) mass is 351 g/mol. The van der Waals surface area contributed by atoms with Crippen LogP contribution in [0.1, 0.15) is 64.1 Å². The van der Waals surface area contributed by atoms with Crippen molar-refractivity contribution in [1.29, 1.82) is 0 Å². The Morgan fingerprint density at radius 1 is 1.12 bits per heavy atom. The molecule has 4 rings (SSSR count). The van der Waals surface area contributed by atoms with Gasteiger partial charge in [-0.1, -0.05) is 30.7 Å². The number of likely N-dealkylation sites (tertiary alicyclic amines) is 1. The number of hydrogen-bond acceptors (Lipinski definition) is 2. The second-order valence-electron chi connectivity index (χ2n) is 7.64. The largest absolute Gasteiger partial charge is 0.366 e. The number of nitrogens with one attached hydrogen (secondary N) is 1. The number of nitrogens with zero attached hydrogens (tertiary/aromatic N) is 1. The molecule has 5 heteroatoms. The van der Waals surface area contributed by atoms with Gasteiger partial charge < -0.3 is 15.6 Å². The Labute approximate surface area is 153 Å². The summed E-state index contributed by atoms with van der Waals surface area (Å²) in [4.78, 5) is 29.2. The van der Waals surface area contributed by atoms with Crippen LogP contribution in [0, 0.1) is 0 Å². The normalized spacial score (nSPS) is 22.7. The molecular formula is C21H25N3O2. The molecule has 2 amide bonds. The molecule has 0 saturated carbocycles. The van der Waals surface area contributed by atoms with Crippen LogP contribution in [0.2, 0.25) is 0 Å². The first kappa shape index (κ1) is 16.9. The molecule has 2 heterocycles. The molecule has 1 aromatic carbocycles. The van der Waals surface area contributed by atoms with Crippen molar-refractivity contribution >= 4 is 11.8 Å². The highest BCUT2D eigenvalue weighted by atomic mass is 16.2. The average Bonchev–Trinajstić information content (AvgIpc) is 3.09. The number of primary amides is 1. The molecule has 1 fully saturated rings. The van der Waals surface area contributed by atoms with Crippen LogP contribution in [0.4, 0.5) is 0 Å². The molecule has 1 aliphatic heterocycles. The summed E-state index contributed by atoms with van der Waals surface area (Å²) in [5, 5.41) is 0. The smallest absolute Gasteiger partial charge is 0.270 e. The number of fused-ring (bicyclic) bond motifs is 2. The van der Waals surface area contributed by atoms with Crippen molar-refractivity contribution in [1.82, 2.24) is 9.88 Å². The first-order valence-electron chi connectivity index (χ1n) is 9.45. The zero-order valence-electron chi connectivity index (χ0n) is 15.0. The van der Waals surface area contributed by atoms with E-state index in [1.807, 2.05) is 4.90 Å². The van der Waals surface area contributed by atoms with Gasteiger partial charge in [-0.25, -0.2) is 0 Å². The van der Waals surface area contributed by atoms with Crippen molar-refractivity contribution in [3.63, 3.8) is 0 Å². The Hall–Kier alpha value is -2.56. The summed E-state index contributed by atoms with van der Waals surface area (Å²) in [5.41, 5.74) is 9.02. The lowest BCUT2D eigenvalue weighted by Gasteiger charge is -2.43. The van der Waals surface area contributed by atoms with E-state index in [4.69, 9.17) is 5.73 Å². The van der Waals surface area contributed by atoms with Crippen LogP contribution < -0.4 is 5.73 Å². The van der Waals surface area contributed by atoms with E-state index < -0.39 is 5.91 Å². The van der Waals surface area contributed by atoms with E-state index in [-0.39, 0.29) is 11.3 Å². The van der Waals surface area contributed by atoms with Gasteiger partial charge in [0, 0.05) is 24.7 Å². The average molecular weight is 351 g/mol. The molecule has 5 nitrogen and oxygen atoms in total. The van der Waals surface area contributed by atoms with E-state index in [1.165, 1.54) is 30.2 Å². The van der Waals surface area contributed by atoms with Crippen LogP contribution in [-0.2, 0) is 11.8 Å². The quantitative estimate of drug-likeness (QED) is 0.872. The van der Waals surface area contributed by atoms with Crippen molar-refractivity contribution in [3.8, 4) is 0 Å². The molecule has 1 aliphatic carbocycles. The van der Waals surface area contributed by atoms with Gasteiger partial charge in [0.05, 0.1) is 5.56 Å². The maximum absolute atomic E-state index is 13.0. The van der Waals surface area contributed by atoms with Crippen molar-refractivity contribution in [2.45, 2.75) is 43.9 Å². The topological polar surface area (TPSA) is 79.2 Å². The van der Waals surface area contributed by atoms with Gasteiger partial charge in [-0.3, -0.25) is 9.59 Å². The molecule has 1 spiro atoms. The zero-order chi connectivity index (χ0) is 18.1. The first-order valence-corrected chi connectivity index (χ1v) is 9.45. The van der Waals surface area contributed by atoms with Crippen molar-refractivity contribution < 1.29 is 9.59 Å². The van der Waals surface area contributed by atoms with Crippen LogP contribution in [0.25, 0.3) is 0 Å². The number of carbonyl (C=O) groups is 2. The molecular weight excluding hydrogens is 326 g/mol. The Balaban J connectivity index is 1.63. The van der Waals surface area contributed by atoms with Crippen LogP contribution in [-0.4, -0.2) is 34.8 Å². The summed E-state index contributed by atoms with van der Waals surface area (Å²) < 4.78 is 0. The molecule has 1 saturated heterocycles. The molecule has 1 unspecified atom stereocenters. The minimum Gasteiger partial charge on any atom is -0.366 e. The van der Waals surface area contributed by atoms with Crippen molar-refractivity contribution in [2.75, 3.05) is 13.1 Å². The molecule has 1 atom stereocenters. The highest BCUT2D eigenvalue weighted by Crippen LogP contribution is 2.42. The summed E-state index contributed by atoms with van der Waals surface area (Å²) in [5.74, 6) is -0.564. The maximum Gasteiger partial charge on any atom is 0.270 e. The van der Waals surface area contributed by atoms with E-state index in [0.717, 1.165) is 38.8 Å². The molecule has 136 valence electrons. The van der Waals surface area contributed by atoms with Crippen LogP contribution in [0.15, 0.2) is 36.5 Å². The van der Waals surface area contributed by atoms with Crippen molar-refractivity contribution in [2.24, 2.45) is 5.73 Å². The van der Waals surface area contributed by atoms with Gasteiger partial charge in [0.15, 0.2) is 0 Å². The lowest BCUT2D eigenvalue weighted by atomic mass is 9.70. The highest BCUT2D eigenvalue weighted by Gasteiger charge is 2.40. The van der Waals surface area contributed by atoms with E-state index >= 15 is 0 Å². The minimum atomic E-state index is -0.520. The lowest BCUT2D eigenvalue weighted by molar-refractivity contribution is 0.0620. The van der Waals surface area contributed by atoms with Gasteiger partial charge in [-0.05, 0) is 49.3 Å². The van der Waals surface area contributed by atoms with Gasteiger partial charge in [0.25, 0.3) is 5.91 Å². The van der Waals surface area contributed by atoms with E-state index in [0.29, 0.717) is 11.3 Å². The van der Waals surface area contributed by atoms with E-state index in [1.54, 1.807) is 6.07 Å². The Morgan fingerprint density at radius 3 is 2.73 bits per heavy atom. The molecule has 26 heavy (non-hydrogen) atoms. The van der Waals surface area contributed by atoms with E-state index in [2.05, 4.69) is 29.2 Å². The predicted molar refractivity (Wildman–Crippen MR) is 100 cm³/mol. The third-order valence-corrected chi connectivity index (χ3v) is 6.00. The fourth-order valence-corrected chi connectivity index (χ4v) is 4.73. The summed E-state index contributed by atoms with van der Waals surface area (Å²) in [6.45, 7) is 1.50. The number of aryl methyl sites for hydroxylation is 1. The van der Waals surface area contributed by atoms with Gasteiger partial charge in [-0.15, -0.1) is 0 Å². The molecule has 0 radical (unpaired) electrons. The predicted octanol–water partition coefficient (Wildman–Crippen LogP) is 3.01. The van der Waals surface area contributed by atoms with Crippen LogP contribution >= 0.6 is 0 Å². The van der Waals surface area contributed by atoms with Gasteiger partial charge >= 0.3 is 0 Å². The van der Waals surface area contributed by atoms with E-state index in [9.17, 15) is 9.59 Å². The summed E-state index contributed by atoms with van der Waals surface area (Å²) in [6.07, 6.45) is 8.32. The standard InChI is InChI=1S/C21H25N3O2/c22-19(25)16-12-18(23-13-16)20(26)24-11-5-10-21(14-24)9-4-3-7-15-6-1-2-8-17(15)21/h1-2,6,8,12-13,23H,3-5,7,9-11,14H2,(H2,22,25). The minimum absolute atomic E-state index is 0.0432. The number of amides is 2. The second-order valence-corrected chi connectivity index (χ2v) is 7.64. The number of H-pyrrole nitrogens is 1. The molecule has 0 bridgehead atoms. The first-order chi connectivity index (χ1) is 12.6. The number of aromatic amines is 1. The SMILES string of the molecule is NC(=O)c1c[nH]c(C(=O)N2CCCC3(CCCCc4ccccc43)C2)c1. The lowest BCUT2D eigenvalue weighted by Crippen LogP contribution is -2.48. The van der Waals surface area contributed by atoms with Gasteiger partial charge in [-0.2, -0.15) is 0 Å². The second kappa shape index (κ2) is 6.63. The van der Waals surface area contributed by atoms with Crippen LogP contribution in [0.5, 0.6) is 0 Å². The number of rotatable bonds is 2. The zero-order valence-corrected chi connectivity index (χ0v) is 15.0. The number of nitrogens with two attached hydrogens (primary N) is 1.